The van der Waals surface area contributed by atoms with Crippen molar-refractivity contribution in [1.29, 1.82) is 0 Å². The number of nitrogens with zero attached hydrogens (tertiary/aromatic N) is 3. The van der Waals surface area contributed by atoms with Crippen molar-refractivity contribution in [3.8, 4) is 0 Å². The quantitative estimate of drug-likeness (QED) is 0.898. The number of pyridine rings is 1. The molecule has 0 unspecified atom stereocenters. The molecule has 0 aliphatic carbocycles. The van der Waals surface area contributed by atoms with Crippen LogP contribution in [0.5, 0.6) is 0 Å². The standard InChI is InChI=1S/C13H16BrN5O/c1-4-10-11(7-19(3)18-10)17-13(20)9-5-8(14)6-16-12(9)15-2/h5-7H,4H2,1-3H3,(H,15,16)(H,17,20). The lowest BCUT2D eigenvalue weighted by Gasteiger charge is -2.09. The van der Waals surface area contributed by atoms with Crippen molar-refractivity contribution in [2.75, 3.05) is 17.7 Å². The van der Waals surface area contributed by atoms with Gasteiger partial charge >= 0.3 is 0 Å². The second kappa shape index (κ2) is 6.04. The Hall–Kier alpha value is -1.89. The maximum absolute atomic E-state index is 12.4. The number of nitrogens with one attached hydrogen (secondary N) is 2. The summed E-state index contributed by atoms with van der Waals surface area (Å²) >= 11 is 3.32. The first-order valence-corrected chi connectivity index (χ1v) is 7.01. The molecule has 0 fully saturated rings. The van der Waals surface area contributed by atoms with E-state index in [2.05, 4.69) is 36.6 Å². The van der Waals surface area contributed by atoms with Crippen LogP contribution in [0.1, 0.15) is 23.0 Å². The van der Waals surface area contributed by atoms with Crippen molar-refractivity contribution in [3.63, 3.8) is 0 Å². The van der Waals surface area contributed by atoms with Gasteiger partial charge in [0.15, 0.2) is 0 Å². The average Bonchev–Trinajstić information content (AvgIpc) is 2.78. The third-order valence-electron chi connectivity index (χ3n) is 2.82. The van der Waals surface area contributed by atoms with E-state index in [0.717, 1.165) is 22.3 Å². The molecular weight excluding hydrogens is 322 g/mol. The van der Waals surface area contributed by atoms with Crippen molar-refractivity contribution in [2.45, 2.75) is 13.3 Å². The van der Waals surface area contributed by atoms with Gasteiger partial charge in [-0.15, -0.1) is 0 Å². The first-order valence-electron chi connectivity index (χ1n) is 6.22. The van der Waals surface area contributed by atoms with Gasteiger partial charge < -0.3 is 10.6 Å². The van der Waals surface area contributed by atoms with E-state index in [-0.39, 0.29) is 5.91 Å². The zero-order chi connectivity index (χ0) is 14.7. The van der Waals surface area contributed by atoms with E-state index in [1.807, 2.05) is 14.0 Å². The molecule has 20 heavy (non-hydrogen) atoms. The molecule has 0 bridgehead atoms. The van der Waals surface area contributed by atoms with Crippen LogP contribution in [-0.4, -0.2) is 27.7 Å². The van der Waals surface area contributed by atoms with Gasteiger partial charge in [-0.25, -0.2) is 4.98 Å². The van der Waals surface area contributed by atoms with Gasteiger partial charge in [-0.1, -0.05) is 6.92 Å². The maximum Gasteiger partial charge on any atom is 0.259 e. The Morgan fingerprint density at radius 2 is 2.25 bits per heavy atom. The van der Waals surface area contributed by atoms with E-state index in [1.165, 1.54) is 0 Å². The zero-order valence-electron chi connectivity index (χ0n) is 11.6. The van der Waals surface area contributed by atoms with Gasteiger partial charge in [0.1, 0.15) is 5.82 Å². The van der Waals surface area contributed by atoms with Crippen molar-refractivity contribution in [3.05, 3.63) is 34.2 Å². The van der Waals surface area contributed by atoms with Gasteiger partial charge in [-0.05, 0) is 28.4 Å². The number of aromatic nitrogens is 3. The van der Waals surface area contributed by atoms with Crippen LogP contribution in [0, 0.1) is 0 Å². The first kappa shape index (κ1) is 14.5. The summed E-state index contributed by atoms with van der Waals surface area (Å²) in [4.78, 5) is 16.5. The Morgan fingerprint density at radius 1 is 1.50 bits per heavy atom. The van der Waals surface area contributed by atoms with Crippen LogP contribution in [0.4, 0.5) is 11.5 Å². The molecule has 2 rings (SSSR count). The number of aryl methyl sites for hydroxylation is 2. The molecule has 0 saturated carbocycles. The SMILES string of the molecule is CCc1nn(C)cc1NC(=O)c1cc(Br)cnc1NC. The van der Waals surface area contributed by atoms with E-state index in [4.69, 9.17) is 0 Å². The molecule has 6 nitrogen and oxygen atoms in total. The predicted molar refractivity (Wildman–Crippen MR) is 82.0 cm³/mol. The molecule has 0 aliphatic rings. The Labute approximate surface area is 125 Å². The number of anilines is 2. The molecular formula is C13H16BrN5O. The molecule has 0 aliphatic heterocycles. The number of carbonyl (C=O) groups excluding carboxylic acids is 1. The van der Waals surface area contributed by atoms with E-state index in [9.17, 15) is 4.79 Å². The summed E-state index contributed by atoms with van der Waals surface area (Å²) in [5.41, 5.74) is 2.06. The van der Waals surface area contributed by atoms with Crippen LogP contribution in [0.2, 0.25) is 0 Å². The fourth-order valence-electron chi connectivity index (χ4n) is 1.90. The topological polar surface area (TPSA) is 71.8 Å². The van der Waals surface area contributed by atoms with Crippen LogP contribution in [0.25, 0.3) is 0 Å². The van der Waals surface area contributed by atoms with Crippen molar-refractivity contribution >= 4 is 33.3 Å². The Balaban J connectivity index is 2.30. The van der Waals surface area contributed by atoms with Gasteiger partial charge in [0, 0.05) is 31.0 Å². The summed E-state index contributed by atoms with van der Waals surface area (Å²) in [5.74, 6) is 0.318. The van der Waals surface area contributed by atoms with Crippen LogP contribution in [0.15, 0.2) is 22.9 Å². The summed E-state index contributed by atoms with van der Waals surface area (Å²) in [6, 6.07) is 1.73. The summed E-state index contributed by atoms with van der Waals surface area (Å²) in [7, 11) is 3.56. The van der Waals surface area contributed by atoms with Crippen LogP contribution < -0.4 is 10.6 Å². The highest BCUT2D eigenvalue weighted by Crippen LogP contribution is 2.20. The van der Waals surface area contributed by atoms with E-state index in [0.29, 0.717) is 11.4 Å². The third-order valence-corrected chi connectivity index (χ3v) is 3.26. The van der Waals surface area contributed by atoms with Crippen molar-refractivity contribution in [2.24, 2.45) is 7.05 Å². The predicted octanol–water partition coefficient (Wildman–Crippen LogP) is 2.43. The zero-order valence-corrected chi connectivity index (χ0v) is 13.2. The molecule has 2 heterocycles. The molecule has 2 aromatic heterocycles. The highest BCUT2D eigenvalue weighted by atomic mass is 79.9. The second-order valence-corrected chi connectivity index (χ2v) is 5.19. The van der Waals surface area contributed by atoms with Gasteiger partial charge in [0.05, 0.1) is 16.9 Å². The lowest BCUT2D eigenvalue weighted by molar-refractivity contribution is 0.102. The number of amides is 1. The number of carbonyl (C=O) groups is 1. The van der Waals surface area contributed by atoms with Crippen LogP contribution >= 0.6 is 15.9 Å². The maximum atomic E-state index is 12.4. The summed E-state index contributed by atoms with van der Waals surface area (Å²) in [6.45, 7) is 2.00. The highest BCUT2D eigenvalue weighted by molar-refractivity contribution is 9.10. The fraction of sp³-hybridized carbons (Fsp3) is 0.308. The monoisotopic (exact) mass is 337 g/mol. The van der Waals surface area contributed by atoms with E-state index >= 15 is 0 Å². The Bertz CT molecular complexity index is 638. The van der Waals surface area contributed by atoms with Gasteiger partial charge in [0.2, 0.25) is 0 Å². The molecule has 1 amide bonds. The minimum Gasteiger partial charge on any atom is -0.372 e. The number of rotatable bonds is 4. The number of hydrogen-bond acceptors (Lipinski definition) is 4. The van der Waals surface area contributed by atoms with Crippen LogP contribution in [0.3, 0.4) is 0 Å². The molecule has 0 saturated heterocycles. The molecule has 106 valence electrons. The minimum atomic E-state index is -0.217. The van der Waals surface area contributed by atoms with Gasteiger partial charge in [0.25, 0.3) is 5.91 Å². The summed E-state index contributed by atoms with van der Waals surface area (Å²) < 4.78 is 2.44. The molecule has 0 aromatic carbocycles. The molecule has 0 radical (unpaired) electrons. The third kappa shape index (κ3) is 2.98. The lowest BCUT2D eigenvalue weighted by atomic mass is 10.2. The van der Waals surface area contributed by atoms with Gasteiger partial charge in [-0.2, -0.15) is 5.10 Å². The minimum absolute atomic E-state index is 0.217. The average molecular weight is 338 g/mol. The van der Waals surface area contributed by atoms with Gasteiger partial charge in [-0.3, -0.25) is 9.48 Å². The summed E-state index contributed by atoms with van der Waals surface area (Å²) in [5, 5.41) is 10.1. The van der Waals surface area contributed by atoms with Crippen molar-refractivity contribution < 1.29 is 4.79 Å². The molecule has 2 N–H and O–H groups in total. The molecule has 0 spiro atoms. The number of hydrogen-bond donors (Lipinski definition) is 2. The normalized spacial score (nSPS) is 10.4. The van der Waals surface area contributed by atoms with Crippen LogP contribution in [-0.2, 0) is 13.5 Å². The highest BCUT2D eigenvalue weighted by Gasteiger charge is 2.15. The Kier molecular flexibility index (Phi) is 4.39. The summed E-state index contributed by atoms with van der Waals surface area (Å²) in [6.07, 6.45) is 4.19. The van der Waals surface area contributed by atoms with E-state index in [1.54, 1.807) is 30.2 Å². The molecule has 2 aromatic rings. The second-order valence-electron chi connectivity index (χ2n) is 4.27. The largest absolute Gasteiger partial charge is 0.372 e. The fourth-order valence-corrected chi connectivity index (χ4v) is 2.23. The van der Waals surface area contributed by atoms with E-state index < -0.39 is 0 Å². The first-order chi connectivity index (χ1) is 9.55. The van der Waals surface area contributed by atoms with Crippen molar-refractivity contribution in [1.82, 2.24) is 14.8 Å². The number of halogens is 1. The molecule has 0 atom stereocenters. The Morgan fingerprint density at radius 3 is 2.90 bits per heavy atom. The smallest absolute Gasteiger partial charge is 0.259 e. The molecule has 7 heteroatoms. The lowest BCUT2D eigenvalue weighted by Crippen LogP contribution is -2.15.